The van der Waals surface area contributed by atoms with E-state index in [4.69, 9.17) is 0 Å². The van der Waals surface area contributed by atoms with E-state index in [0.29, 0.717) is 6.04 Å². The highest BCUT2D eigenvalue weighted by molar-refractivity contribution is 5.41. The third kappa shape index (κ3) is 2.88. The summed E-state index contributed by atoms with van der Waals surface area (Å²) in [5.41, 5.74) is 3.50. The Kier molecular flexibility index (Phi) is 3.84. The summed E-state index contributed by atoms with van der Waals surface area (Å²) in [5, 5.41) is 23.2. The summed E-state index contributed by atoms with van der Waals surface area (Å²) in [7, 11) is 0. The van der Waals surface area contributed by atoms with E-state index in [0.717, 1.165) is 18.4 Å². The normalized spacial score (nSPS) is 19.0. The van der Waals surface area contributed by atoms with Crippen molar-refractivity contribution < 1.29 is 10.2 Å². The second kappa shape index (κ2) is 5.78. The molecule has 0 radical (unpaired) electrons. The summed E-state index contributed by atoms with van der Waals surface area (Å²) in [6.07, 6.45) is 3.41. The lowest BCUT2D eigenvalue weighted by molar-refractivity contribution is 0.396. The molecule has 3 heteroatoms. The van der Waals surface area contributed by atoms with Crippen molar-refractivity contribution in [3.05, 3.63) is 59.2 Å². The molecule has 3 nitrogen and oxygen atoms in total. The van der Waals surface area contributed by atoms with E-state index < -0.39 is 0 Å². The third-order valence-electron chi connectivity index (χ3n) is 4.30. The average molecular weight is 283 g/mol. The lowest BCUT2D eigenvalue weighted by Crippen LogP contribution is -2.27. The number of fused-ring (bicyclic) bond motifs is 1. The van der Waals surface area contributed by atoms with Crippen molar-refractivity contribution in [3.8, 4) is 11.5 Å². The number of phenolic OH excluding ortho intramolecular Hbond substituents is 2. The second-order valence-corrected chi connectivity index (χ2v) is 5.78. The maximum atomic E-state index is 9.98. The van der Waals surface area contributed by atoms with Gasteiger partial charge in [0.2, 0.25) is 0 Å². The molecule has 0 fully saturated rings. The maximum Gasteiger partial charge on any atom is 0.120 e. The molecule has 0 saturated carbocycles. The number of benzene rings is 2. The summed E-state index contributed by atoms with van der Waals surface area (Å²) in [4.78, 5) is 0. The van der Waals surface area contributed by atoms with Gasteiger partial charge in [-0.25, -0.2) is 0 Å². The van der Waals surface area contributed by atoms with Crippen molar-refractivity contribution in [2.75, 3.05) is 0 Å². The van der Waals surface area contributed by atoms with Crippen LogP contribution >= 0.6 is 0 Å². The van der Waals surface area contributed by atoms with Gasteiger partial charge < -0.3 is 15.5 Å². The fourth-order valence-corrected chi connectivity index (χ4v) is 3.21. The molecular weight excluding hydrogens is 262 g/mol. The predicted octanol–water partition coefficient (Wildman–Crippen LogP) is 3.83. The molecule has 0 saturated heterocycles. The van der Waals surface area contributed by atoms with Crippen LogP contribution in [0.25, 0.3) is 0 Å². The molecule has 1 aliphatic rings. The van der Waals surface area contributed by atoms with Crippen molar-refractivity contribution in [3.63, 3.8) is 0 Å². The topological polar surface area (TPSA) is 52.5 Å². The van der Waals surface area contributed by atoms with Gasteiger partial charge in [0.05, 0.1) is 0 Å². The largest absolute Gasteiger partial charge is 0.508 e. The quantitative estimate of drug-likeness (QED) is 0.750. The number of phenols is 2. The molecule has 3 rings (SSSR count). The Labute approximate surface area is 125 Å². The molecule has 0 amide bonds. The number of hydrogen-bond acceptors (Lipinski definition) is 3. The van der Waals surface area contributed by atoms with Gasteiger partial charge in [-0.05, 0) is 55.5 Å². The molecule has 1 aliphatic carbocycles. The molecule has 2 atom stereocenters. The summed E-state index contributed by atoms with van der Waals surface area (Å²) in [6, 6.07) is 13.5. The van der Waals surface area contributed by atoms with Crippen LogP contribution in [0.4, 0.5) is 0 Å². The van der Waals surface area contributed by atoms with Crippen LogP contribution in [0.15, 0.2) is 42.5 Å². The number of hydrogen-bond donors (Lipinski definition) is 3. The number of aryl methyl sites for hydroxylation is 1. The van der Waals surface area contributed by atoms with Gasteiger partial charge in [0.15, 0.2) is 0 Å². The van der Waals surface area contributed by atoms with Gasteiger partial charge in [-0.2, -0.15) is 0 Å². The van der Waals surface area contributed by atoms with Crippen molar-refractivity contribution in [1.29, 1.82) is 0 Å². The Hall–Kier alpha value is -2.00. The Morgan fingerprint density at radius 2 is 1.95 bits per heavy atom. The highest BCUT2D eigenvalue weighted by Gasteiger charge is 2.22. The Morgan fingerprint density at radius 3 is 2.81 bits per heavy atom. The first kappa shape index (κ1) is 14.0. The zero-order valence-corrected chi connectivity index (χ0v) is 12.2. The van der Waals surface area contributed by atoms with E-state index >= 15 is 0 Å². The van der Waals surface area contributed by atoms with E-state index in [-0.39, 0.29) is 17.5 Å². The van der Waals surface area contributed by atoms with Crippen molar-refractivity contribution >= 4 is 0 Å². The molecule has 2 unspecified atom stereocenters. The molecule has 3 N–H and O–H groups in total. The van der Waals surface area contributed by atoms with Crippen molar-refractivity contribution in [1.82, 2.24) is 5.32 Å². The van der Waals surface area contributed by atoms with Crippen LogP contribution in [-0.2, 0) is 6.42 Å². The summed E-state index contributed by atoms with van der Waals surface area (Å²) >= 11 is 0. The van der Waals surface area contributed by atoms with E-state index in [2.05, 4.69) is 29.6 Å². The van der Waals surface area contributed by atoms with Crippen LogP contribution < -0.4 is 5.32 Å². The monoisotopic (exact) mass is 283 g/mol. The molecule has 21 heavy (non-hydrogen) atoms. The summed E-state index contributed by atoms with van der Waals surface area (Å²) in [5.74, 6) is 0.400. The van der Waals surface area contributed by atoms with E-state index in [1.807, 2.05) is 6.92 Å². The van der Waals surface area contributed by atoms with Gasteiger partial charge in [-0.3, -0.25) is 0 Å². The third-order valence-corrected chi connectivity index (χ3v) is 4.30. The SMILES string of the molecule is CC(NC1CCCc2ccccc21)c1cc(O)ccc1O. The van der Waals surface area contributed by atoms with Crippen LogP contribution in [0.2, 0.25) is 0 Å². The standard InChI is InChI=1S/C18H21NO2/c1-12(16-11-14(20)9-10-18(16)21)19-17-8-4-6-13-5-2-3-7-15(13)17/h2-3,5,7,9-12,17,19-21H,4,6,8H2,1H3. The molecule has 0 aromatic heterocycles. The Bertz CT molecular complexity index is 639. The van der Waals surface area contributed by atoms with Gasteiger partial charge in [0, 0.05) is 17.6 Å². The van der Waals surface area contributed by atoms with Gasteiger partial charge in [0.1, 0.15) is 11.5 Å². The number of nitrogens with one attached hydrogen (secondary N) is 1. The molecule has 0 aliphatic heterocycles. The zero-order valence-electron chi connectivity index (χ0n) is 12.2. The molecule has 0 spiro atoms. The predicted molar refractivity (Wildman–Crippen MR) is 83.4 cm³/mol. The van der Waals surface area contributed by atoms with E-state index in [1.165, 1.54) is 29.7 Å². The molecular formula is C18H21NO2. The average Bonchev–Trinajstić information content (AvgIpc) is 2.50. The smallest absolute Gasteiger partial charge is 0.120 e. The van der Waals surface area contributed by atoms with E-state index in [9.17, 15) is 10.2 Å². The van der Waals surface area contributed by atoms with Gasteiger partial charge >= 0.3 is 0 Å². The van der Waals surface area contributed by atoms with Gasteiger partial charge in [-0.1, -0.05) is 24.3 Å². The minimum absolute atomic E-state index is 0.0201. The second-order valence-electron chi connectivity index (χ2n) is 5.78. The van der Waals surface area contributed by atoms with E-state index in [1.54, 1.807) is 6.07 Å². The summed E-state index contributed by atoms with van der Waals surface area (Å²) < 4.78 is 0. The van der Waals surface area contributed by atoms with Crippen molar-refractivity contribution in [2.24, 2.45) is 0 Å². The van der Waals surface area contributed by atoms with Gasteiger partial charge in [0.25, 0.3) is 0 Å². The van der Waals surface area contributed by atoms with Crippen LogP contribution in [0.5, 0.6) is 11.5 Å². The van der Waals surface area contributed by atoms with Gasteiger partial charge in [-0.15, -0.1) is 0 Å². The molecule has 2 aromatic rings. The van der Waals surface area contributed by atoms with Crippen LogP contribution in [0.1, 0.15) is 48.5 Å². The first-order valence-corrected chi connectivity index (χ1v) is 7.51. The highest BCUT2D eigenvalue weighted by atomic mass is 16.3. The molecule has 0 bridgehead atoms. The van der Waals surface area contributed by atoms with Crippen molar-refractivity contribution in [2.45, 2.75) is 38.3 Å². The number of aromatic hydroxyl groups is 2. The van der Waals surface area contributed by atoms with Crippen LogP contribution in [0.3, 0.4) is 0 Å². The summed E-state index contributed by atoms with van der Waals surface area (Å²) in [6.45, 7) is 2.02. The van der Waals surface area contributed by atoms with Crippen LogP contribution in [0, 0.1) is 0 Å². The fraction of sp³-hybridized carbons (Fsp3) is 0.333. The first-order chi connectivity index (χ1) is 10.1. The first-order valence-electron chi connectivity index (χ1n) is 7.51. The lowest BCUT2D eigenvalue weighted by atomic mass is 9.87. The Balaban J connectivity index is 1.82. The lowest BCUT2D eigenvalue weighted by Gasteiger charge is -2.29. The number of rotatable bonds is 3. The Morgan fingerprint density at radius 1 is 1.14 bits per heavy atom. The molecule has 110 valence electrons. The van der Waals surface area contributed by atoms with Crippen LogP contribution in [-0.4, -0.2) is 10.2 Å². The maximum absolute atomic E-state index is 9.98. The fourth-order valence-electron chi connectivity index (χ4n) is 3.21. The minimum Gasteiger partial charge on any atom is -0.508 e. The zero-order chi connectivity index (χ0) is 14.8. The molecule has 2 aromatic carbocycles. The minimum atomic E-state index is -0.0201. The molecule has 0 heterocycles. The highest BCUT2D eigenvalue weighted by Crippen LogP contribution is 2.34.